The van der Waals surface area contributed by atoms with E-state index in [1.165, 1.54) is 4.57 Å². The van der Waals surface area contributed by atoms with Crippen molar-refractivity contribution in [2.75, 3.05) is 6.54 Å². The predicted molar refractivity (Wildman–Crippen MR) is 73.1 cm³/mol. The lowest BCUT2D eigenvalue weighted by Crippen LogP contribution is -2.15. The summed E-state index contributed by atoms with van der Waals surface area (Å²) in [6.45, 7) is 3.11. The molecule has 5 nitrogen and oxygen atoms in total. The summed E-state index contributed by atoms with van der Waals surface area (Å²) < 4.78 is 6.62. The lowest BCUT2D eigenvalue weighted by molar-refractivity contribution is -0.117. The van der Waals surface area contributed by atoms with Gasteiger partial charge in [-0.1, -0.05) is 6.07 Å². The van der Waals surface area contributed by atoms with Crippen LogP contribution in [0.5, 0.6) is 0 Å². The van der Waals surface area contributed by atoms with Crippen molar-refractivity contribution in [3.8, 4) is 0 Å². The van der Waals surface area contributed by atoms with Crippen LogP contribution in [0.2, 0.25) is 0 Å². The number of hydrogen-bond donors (Lipinski definition) is 1. The first-order chi connectivity index (χ1) is 9.08. The first-order valence-corrected chi connectivity index (χ1v) is 6.36. The van der Waals surface area contributed by atoms with Crippen LogP contribution in [0.25, 0.3) is 11.1 Å². The Hall–Kier alpha value is -1.88. The van der Waals surface area contributed by atoms with Crippen LogP contribution in [-0.4, -0.2) is 16.9 Å². The molecule has 0 radical (unpaired) electrons. The number of aromatic nitrogens is 1. The van der Waals surface area contributed by atoms with E-state index >= 15 is 0 Å². The zero-order chi connectivity index (χ0) is 13.8. The highest BCUT2D eigenvalue weighted by Crippen LogP contribution is 2.14. The molecule has 0 amide bonds. The Morgan fingerprint density at radius 2 is 2.21 bits per heavy atom. The van der Waals surface area contributed by atoms with Crippen molar-refractivity contribution in [3.63, 3.8) is 0 Å². The number of carbonyl (C=O) groups excluding carboxylic acids is 1. The third kappa shape index (κ3) is 3.32. The quantitative estimate of drug-likeness (QED) is 0.803. The number of fused-ring (bicyclic) bond motifs is 1. The molecule has 0 aliphatic heterocycles. The maximum Gasteiger partial charge on any atom is 0.419 e. The summed E-state index contributed by atoms with van der Waals surface area (Å²) in [6, 6.07) is 5.72. The normalized spacial score (nSPS) is 11.1. The molecule has 1 N–H and O–H groups in total. The van der Waals surface area contributed by atoms with Crippen molar-refractivity contribution in [1.82, 2.24) is 9.88 Å². The van der Waals surface area contributed by atoms with Gasteiger partial charge in [0.25, 0.3) is 0 Å². The number of nitrogens with one attached hydrogen (secondary N) is 1. The monoisotopic (exact) mass is 262 g/mol. The molecule has 1 aromatic heterocycles. The molecule has 0 saturated heterocycles. The Bertz CT molecular complexity index is 640. The fraction of sp³-hybridized carbons (Fsp3) is 0.429. The molecular weight excluding hydrogens is 244 g/mol. The number of carbonyl (C=O) groups is 1. The highest BCUT2D eigenvalue weighted by Gasteiger charge is 2.05. The van der Waals surface area contributed by atoms with Crippen LogP contribution in [0.15, 0.2) is 27.4 Å². The third-order valence-electron chi connectivity index (χ3n) is 3.07. The third-order valence-corrected chi connectivity index (χ3v) is 3.07. The van der Waals surface area contributed by atoms with Crippen LogP contribution < -0.4 is 11.1 Å². The van der Waals surface area contributed by atoms with Gasteiger partial charge in [-0.05, 0) is 37.6 Å². The standard InChI is InChI=1S/C14H18N2O3/c1-10(17)4-3-7-15-9-11-5-6-12-13(8-11)19-14(18)16(12)2/h5-6,8,15H,3-4,7,9H2,1-2H3. The molecule has 0 spiro atoms. The lowest BCUT2D eigenvalue weighted by Gasteiger charge is -2.04. The minimum atomic E-state index is -0.346. The van der Waals surface area contributed by atoms with E-state index in [4.69, 9.17) is 4.42 Å². The number of Topliss-reactive ketones (excluding diaryl/α,β-unsaturated/α-hetero) is 1. The fourth-order valence-corrected chi connectivity index (χ4v) is 1.98. The Labute approximate surface area is 111 Å². The number of oxazole rings is 1. The molecule has 2 aromatic rings. The van der Waals surface area contributed by atoms with Crippen molar-refractivity contribution in [2.45, 2.75) is 26.3 Å². The van der Waals surface area contributed by atoms with Crippen molar-refractivity contribution in [2.24, 2.45) is 7.05 Å². The van der Waals surface area contributed by atoms with Gasteiger partial charge in [0.1, 0.15) is 5.78 Å². The summed E-state index contributed by atoms with van der Waals surface area (Å²) >= 11 is 0. The SMILES string of the molecule is CC(=O)CCCNCc1ccc2c(c1)oc(=O)n2C. The number of aryl methyl sites for hydroxylation is 1. The van der Waals surface area contributed by atoms with Crippen molar-refractivity contribution in [1.29, 1.82) is 0 Å². The maximum atomic E-state index is 11.4. The van der Waals surface area contributed by atoms with Crippen molar-refractivity contribution in [3.05, 3.63) is 34.3 Å². The van der Waals surface area contributed by atoms with Gasteiger partial charge in [0.15, 0.2) is 5.58 Å². The van der Waals surface area contributed by atoms with E-state index in [1.54, 1.807) is 14.0 Å². The van der Waals surface area contributed by atoms with E-state index in [0.29, 0.717) is 18.5 Å². The molecular formula is C14H18N2O3. The molecule has 1 aromatic carbocycles. The van der Waals surface area contributed by atoms with Crippen LogP contribution >= 0.6 is 0 Å². The molecule has 5 heteroatoms. The van der Waals surface area contributed by atoms with Crippen LogP contribution in [-0.2, 0) is 18.4 Å². The second-order valence-corrected chi connectivity index (χ2v) is 4.71. The number of nitrogens with zero attached hydrogens (tertiary/aromatic N) is 1. The Morgan fingerprint density at radius 3 is 2.95 bits per heavy atom. The first-order valence-electron chi connectivity index (χ1n) is 6.36. The van der Waals surface area contributed by atoms with Crippen LogP contribution in [0, 0.1) is 0 Å². The van der Waals surface area contributed by atoms with Crippen LogP contribution in [0.3, 0.4) is 0 Å². The van der Waals surface area contributed by atoms with Gasteiger partial charge >= 0.3 is 5.76 Å². The molecule has 2 rings (SSSR count). The Kier molecular flexibility index (Phi) is 4.16. The van der Waals surface area contributed by atoms with Gasteiger partial charge in [-0.2, -0.15) is 0 Å². The molecule has 102 valence electrons. The van der Waals surface area contributed by atoms with Gasteiger partial charge in [0.2, 0.25) is 0 Å². The average Bonchev–Trinajstić information content (AvgIpc) is 2.64. The van der Waals surface area contributed by atoms with Gasteiger partial charge in [-0.25, -0.2) is 4.79 Å². The summed E-state index contributed by atoms with van der Waals surface area (Å²) in [5.74, 6) is -0.129. The lowest BCUT2D eigenvalue weighted by atomic mass is 10.2. The van der Waals surface area contributed by atoms with E-state index < -0.39 is 0 Å². The minimum Gasteiger partial charge on any atom is -0.408 e. The van der Waals surface area contributed by atoms with Gasteiger partial charge in [-0.15, -0.1) is 0 Å². The van der Waals surface area contributed by atoms with Gasteiger partial charge in [0, 0.05) is 20.0 Å². The largest absolute Gasteiger partial charge is 0.419 e. The van der Waals surface area contributed by atoms with Crippen molar-refractivity contribution >= 4 is 16.9 Å². The van der Waals surface area contributed by atoms with Gasteiger partial charge in [-0.3, -0.25) is 4.57 Å². The molecule has 1 heterocycles. The summed E-state index contributed by atoms with van der Waals surface area (Å²) in [6.07, 6.45) is 1.46. The second-order valence-electron chi connectivity index (χ2n) is 4.71. The van der Waals surface area contributed by atoms with Crippen molar-refractivity contribution < 1.29 is 9.21 Å². The molecule has 19 heavy (non-hydrogen) atoms. The summed E-state index contributed by atoms with van der Waals surface area (Å²) in [4.78, 5) is 22.1. The number of rotatable bonds is 6. The highest BCUT2D eigenvalue weighted by atomic mass is 16.4. The molecule has 0 atom stereocenters. The number of ketones is 1. The highest BCUT2D eigenvalue weighted by molar-refractivity contribution is 5.75. The summed E-state index contributed by atoms with van der Waals surface area (Å²) in [7, 11) is 1.69. The average molecular weight is 262 g/mol. The van der Waals surface area contributed by atoms with E-state index in [9.17, 15) is 9.59 Å². The van der Waals surface area contributed by atoms with Crippen LogP contribution in [0.1, 0.15) is 25.3 Å². The Morgan fingerprint density at radius 1 is 1.42 bits per heavy atom. The number of hydrogen-bond acceptors (Lipinski definition) is 4. The van der Waals surface area contributed by atoms with E-state index in [1.807, 2.05) is 18.2 Å². The molecule has 0 bridgehead atoms. The molecule has 0 saturated carbocycles. The molecule has 0 fully saturated rings. The smallest absolute Gasteiger partial charge is 0.408 e. The van der Waals surface area contributed by atoms with E-state index in [0.717, 1.165) is 24.0 Å². The maximum absolute atomic E-state index is 11.4. The first kappa shape index (κ1) is 13.5. The fourth-order valence-electron chi connectivity index (χ4n) is 1.98. The molecule has 0 unspecified atom stereocenters. The van der Waals surface area contributed by atoms with E-state index in [-0.39, 0.29) is 11.5 Å². The topological polar surface area (TPSA) is 64.2 Å². The molecule has 0 aliphatic rings. The predicted octanol–water partition coefficient (Wildman–Crippen LogP) is 1.59. The van der Waals surface area contributed by atoms with Crippen LogP contribution in [0.4, 0.5) is 0 Å². The zero-order valence-electron chi connectivity index (χ0n) is 11.2. The Balaban J connectivity index is 1.94. The van der Waals surface area contributed by atoms with Gasteiger partial charge < -0.3 is 14.5 Å². The summed E-state index contributed by atoms with van der Waals surface area (Å²) in [5, 5.41) is 3.26. The minimum absolute atomic E-state index is 0.217. The second kappa shape index (κ2) is 5.84. The zero-order valence-corrected chi connectivity index (χ0v) is 11.2. The summed E-state index contributed by atoms with van der Waals surface area (Å²) in [5.41, 5.74) is 2.46. The van der Waals surface area contributed by atoms with Gasteiger partial charge in [0.05, 0.1) is 5.52 Å². The van der Waals surface area contributed by atoms with E-state index in [2.05, 4.69) is 5.32 Å². The number of benzene rings is 1. The molecule has 0 aliphatic carbocycles.